The Morgan fingerprint density at radius 2 is 2.00 bits per heavy atom. The second-order valence-corrected chi connectivity index (χ2v) is 4.67. The second kappa shape index (κ2) is 6.59. The van der Waals surface area contributed by atoms with E-state index in [9.17, 15) is 14.7 Å². The average Bonchev–Trinajstić information content (AvgIpc) is 2.75. The molecule has 1 amide bonds. The first-order valence-corrected chi connectivity index (χ1v) is 6.24. The molecular weight excluding hydrogens is 222 g/mol. The van der Waals surface area contributed by atoms with Crippen LogP contribution in [0.2, 0.25) is 0 Å². The van der Waals surface area contributed by atoms with Crippen LogP contribution >= 0.6 is 0 Å². The van der Waals surface area contributed by atoms with Crippen LogP contribution in [0.15, 0.2) is 0 Å². The Kier molecular flexibility index (Phi) is 5.41. The second-order valence-electron chi connectivity index (χ2n) is 4.67. The number of amides is 1. The zero-order valence-corrected chi connectivity index (χ0v) is 10.2. The Labute approximate surface area is 101 Å². The lowest BCUT2D eigenvalue weighted by atomic mass is 9.95. The molecule has 0 radical (unpaired) electrons. The molecule has 1 fully saturated rings. The van der Waals surface area contributed by atoms with Crippen molar-refractivity contribution in [3.05, 3.63) is 0 Å². The Balaban J connectivity index is 2.39. The Bertz CT molecular complexity index is 280. The Morgan fingerprint density at radius 1 is 1.35 bits per heavy atom. The number of nitrogens with one attached hydrogen (secondary N) is 1. The molecule has 0 aromatic carbocycles. The van der Waals surface area contributed by atoms with E-state index in [2.05, 4.69) is 5.32 Å². The molecule has 98 valence electrons. The summed E-state index contributed by atoms with van der Waals surface area (Å²) in [7, 11) is 0. The molecule has 5 nitrogen and oxygen atoms in total. The molecule has 1 aliphatic rings. The zero-order valence-electron chi connectivity index (χ0n) is 10.2. The maximum absolute atomic E-state index is 11.8. The van der Waals surface area contributed by atoms with Gasteiger partial charge in [0.2, 0.25) is 5.91 Å². The summed E-state index contributed by atoms with van der Waals surface area (Å²) >= 11 is 0. The van der Waals surface area contributed by atoms with Gasteiger partial charge in [0.05, 0.1) is 17.9 Å². The minimum atomic E-state index is -0.892. The molecule has 1 rings (SSSR count). The summed E-state index contributed by atoms with van der Waals surface area (Å²) in [6.07, 6.45) is 2.96. The third-order valence-corrected chi connectivity index (χ3v) is 3.30. The smallest absolute Gasteiger partial charge is 0.307 e. The third-order valence-electron chi connectivity index (χ3n) is 3.30. The number of hydrogen-bond acceptors (Lipinski definition) is 3. The standard InChI is InChI=1S/C12H21NO4/c1-2-4-8(14)7-13-11(15)9-5-3-6-10(9)12(16)17/h8-10,14H,2-7H2,1H3,(H,13,15)(H,16,17). The topological polar surface area (TPSA) is 86.6 Å². The molecule has 0 spiro atoms. The highest BCUT2D eigenvalue weighted by molar-refractivity contribution is 5.85. The monoisotopic (exact) mass is 243 g/mol. The lowest BCUT2D eigenvalue weighted by molar-refractivity contribution is -0.146. The molecule has 3 N–H and O–H groups in total. The zero-order chi connectivity index (χ0) is 12.8. The van der Waals surface area contributed by atoms with Gasteiger partial charge in [-0.15, -0.1) is 0 Å². The number of aliphatic hydroxyl groups excluding tert-OH is 1. The van der Waals surface area contributed by atoms with Gasteiger partial charge in [0.25, 0.3) is 0 Å². The van der Waals surface area contributed by atoms with E-state index >= 15 is 0 Å². The molecule has 0 bridgehead atoms. The van der Waals surface area contributed by atoms with Gasteiger partial charge < -0.3 is 15.5 Å². The van der Waals surface area contributed by atoms with Gasteiger partial charge in [-0.2, -0.15) is 0 Å². The molecule has 5 heteroatoms. The fourth-order valence-corrected chi connectivity index (χ4v) is 2.35. The predicted octanol–water partition coefficient (Wildman–Crippen LogP) is 0.764. The Hall–Kier alpha value is -1.10. The van der Waals surface area contributed by atoms with Crippen molar-refractivity contribution in [1.29, 1.82) is 0 Å². The van der Waals surface area contributed by atoms with Crippen LogP contribution in [0.4, 0.5) is 0 Å². The highest BCUT2D eigenvalue weighted by atomic mass is 16.4. The van der Waals surface area contributed by atoms with E-state index in [0.717, 1.165) is 12.8 Å². The van der Waals surface area contributed by atoms with E-state index in [1.807, 2.05) is 6.92 Å². The number of carbonyl (C=O) groups excluding carboxylic acids is 1. The molecule has 1 aliphatic carbocycles. The summed E-state index contributed by atoms with van der Waals surface area (Å²) < 4.78 is 0. The van der Waals surface area contributed by atoms with E-state index in [-0.39, 0.29) is 12.5 Å². The van der Waals surface area contributed by atoms with Crippen molar-refractivity contribution < 1.29 is 19.8 Å². The number of aliphatic hydroxyl groups is 1. The van der Waals surface area contributed by atoms with Crippen LogP contribution < -0.4 is 5.32 Å². The molecule has 0 saturated heterocycles. The highest BCUT2D eigenvalue weighted by Gasteiger charge is 2.37. The minimum absolute atomic E-state index is 0.218. The number of hydrogen-bond donors (Lipinski definition) is 3. The van der Waals surface area contributed by atoms with E-state index in [0.29, 0.717) is 19.3 Å². The lowest BCUT2D eigenvalue weighted by Crippen LogP contribution is -2.39. The van der Waals surface area contributed by atoms with E-state index < -0.39 is 23.9 Å². The summed E-state index contributed by atoms with van der Waals surface area (Å²) in [4.78, 5) is 22.7. The number of carbonyl (C=O) groups is 2. The van der Waals surface area contributed by atoms with Crippen molar-refractivity contribution in [3.63, 3.8) is 0 Å². The predicted molar refractivity (Wildman–Crippen MR) is 62.4 cm³/mol. The summed E-state index contributed by atoms with van der Waals surface area (Å²) in [6.45, 7) is 2.18. The maximum atomic E-state index is 11.8. The first kappa shape index (κ1) is 14.0. The quantitative estimate of drug-likeness (QED) is 0.643. The van der Waals surface area contributed by atoms with Crippen LogP contribution in [-0.2, 0) is 9.59 Å². The average molecular weight is 243 g/mol. The first-order valence-electron chi connectivity index (χ1n) is 6.24. The van der Waals surface area contributed by atoms with Crippen LogP contribution in [0.3, 0.4) is 0 Å². The lowest BCUT2D eigenvalue weighted by Gasteiger charge is -2.17. The van der Waals surface area contributed by atoms with Gasteiger partial charge in [-0.1, -0.05) is 19.8 Å². The van der Waals surface area contributed by atoms with Crippen LogP contribution in [0, 0.1) is 11.8 Å². The molecule has 3 atom stereocenters. The molecule has 0 heterocycles. The fraction of sp³-hybridized carbons (Fsp3) is 0.833. The molecule has 17 heavy (non-hydrogen) atoms. The summed E-state index contributed by atoms with van der Waals surface area (Å²) in [6, 6.07) is 0. The molecule has 0 aromatic rings. The number of carboxylic acids is 1. The summed E-state index contributed by atoms with van der Waals surface area (Å²) in [5.41, 5.74) is 0. The van der Waals surface area contributed by atoms with Gasteiger partial charge in [-0.25, -0.2) is 0 Å². The maximum Gasteiger partial charge on any atom is 0.307 e. The van der Waals surface area contributed by atoms with Crippen molar-refractivity contribution in [3.8, 4) is 0 Å². The van der Waals surface area contributed by atoms with Crippen molar-refractivity contribution in [2.45, 2.75) is 45.1 Å². The van der Waals surface area contributed by atoms with Crippen LogP contribution in [0.25, 0.3) is 0 Å². The molecule has 1 saturated carbocycles. The van der Waals surface area contributed by atoms with Gasteiger partial charge in [-0.3, -0.25) is 9.59 Å². The van der Waals surface area contributed by atoms with Crippen LogP contribution in [0.1, 0.15) is 39.0 Å². The first-order chi connectivity index (χ1) is 8.06. The number of carboxylic acid groups (broad SMARTS) is 1. The molecular formula is C12H21NO4. The largest absolute Gasteiger partial charge is 0.481 e. The van der Waals surface area contributed by atoms with Gasteiger partial charge in [-0.05, 0) is 19.3 Å². The van der Waals surface area contributed by atoms with Crippen molar-refractivity contribution >= 4 is 11.9 Å². The van der Waals surface area contributed by atoms with Crippen molar-refractivity contribution in [1.82, 2.24) is 5.32 Å². The van der Waals surface area contributed by atoms with E-state index in [1.54, 1.807) is 0 Å². The number of aliphatic carboxylic acids is 1. The minimum Gasteiger partial charge on any atom is -0.481 e. The highest BCUT2D eigenvalue weighted by Crippen LogP contribution is 2.31. The SMILES string of the molecule is CCCC(O)CNC(=O)C1CCCC1C(=O)O. The van der Waals surface area contributed by atoms with Gasteiger partial charge in [0.1, 0.15) is 0 Å². The van der Waals surface area contributed by atoms with Gasteiger partial charge >= 0.3 is 5.97 Å². The molecule has 0 aromatic heterocycles. The summed E-state index contributed by atoms with van der Waals surface area (Å²) in [5.74, 6) is -2.11. The van der Waals surface area contributed by atoms with Crippen molar-refractivity contribution in [2.24, 2.45) is 11.8 Å². The van der Waals surface area contributed by atoms with E-state index in [4.69, 9.17) is 5.11 Å². The molecule has 3 unspecified atom stereocenters. The normalized spacial score (nSPS) is 25.5. The van der Waals surface area contributed by atoms with E-state index in [1.165, 1.54) is 0 Å². The van der Waals surface area contributed by atoms with Crippen LogP contribution in [-0.4, -0.2) is 34.7 Å². The fourth-order valence-electron chi connectivity index (χ4n) is 2.35. The van der Waals surface area contributed by atoms with Crippen LogP contribution in [0.5, 0.6) is 0 Å². The Morgan fingerprint density at radius 3 is 2.59 bits per heavy atom. The molecule has 0 aliphatic heterocycles. The number of rotatable bonds is 6. The third kappa shape index (κ3) is 4.00. The van der Waals surface area contributed by atoms with Gasteiger partial charge in [0, 0.05) is 6.54 Å². The summed E-state index contributed by atoms with van der Waals surface area (Å²) in [5, 5.41) is 21.1. The van der Waals surface area contributed by atoms with Gasteiger partial charge in [0.15, 0.2) is 0 Å². The van der Waals surface area contributed by atoms with Crippen molar-refractivity contribution in [2.75, 3.05) is 6.54 Å².